The van der Waals surface area contributed by atoms with Gasteiger partial charge in [0.15, 0.2) is 5.17 Å². The summed E-state index contributed by atoms with van der Waals surface area (Å²) in [7, 11) is 0. The van der Waals surface area contributed by atoms with Gasteiger partial charge in [-0.25, -0.2) is 0 Å². The van der Waals surface area contributed by atoms with Crippen LogP contribution >= 0.6 is 11.8 Å². The minimum absolute atomic E-state index is 0.528. The highest BCUT2D eigenvalue weighted by Gasteiger charge is 1.91. The molecule has 3 nitrogen and oxygen atoms in total. The average Bonchev–Trinajstić information content (AvgIpc) is 2.31. The third-order valence-electron chi connectivity index (χ3n) is 1.91. The summed E-state index contributed by atoms with van der Waals surface area (Å²) in [6.45, 7) is 2.15. The van der Waals surface area contributed by atoms with E-state index in [1.807, 2.05) is 30.3 Å². The Balaban J connectivity index is 2.37. The Morgan fingerprint density at radius 1 is 1.38 bits per heavy atom. The second-order valence-electron chi connectivity index (χ2n) is 3.30. The zero-order chi connectivity index (χ0) is 11.6. The van der Waals surface area contributed by atoms with E-state index in [1.54, 1.807) is 18.0 Å². The summed E-state index contributed by atoms with van der Waals surface area (Å²) in [5.41, 5.74) is 6.70. The fourth-order valence-corrected chi connectivity index (χ4v) is 1.79. The van der Waals surface area contributed by atoms with E-state index in [4.69, 9.17) is 5.73 Å². The van der Waals surface area contributed by atoms with Gasteiger partial charge in [0.2, 0.25) is 0 Å². The predicted molar refractivity (Wildman–Crippen MR) is 73.0 cm³/mol. The van der Waals surface area contributed by atoms with Crippen molar-refractivity contribution in [3.05, 3.63) is 35.9 Å². The van der Waals surface area contributed by atoms with Gasteiger partial charge < -0.3 is 5.73 Å². The lowest BCUT2D eigenvalue weighted by Crippen LogP contribution is -2.06. The van der Waals surface area contributed by atoms with Gasteiger partial charge in [-0.15, -0.1) is 5.10 Å². The quantitative estimate of drug-likeness (QED) is 0.369. The second-order valence-corrected chi connectivity index (χ2v) is 4.41. The van der Waals surface area contributed by atoms with E-state index < -0.39 is 0 Å². The number of thioether (sulfide) groups is 1. The standard InChI is InChI=1S/C12H17N3S/c1-2-3-9-16-12(13)15-14-10-11-7-5-4-6-8-11/h4-8,10H,2-3,9H2,1H3,(H2,13,15)/b14-10+. The largest absolute Gasteiger partial charge is 0.377 e. The van der Waals surface area contributed by atoms with Crippen molar-refractivity contribution in [1.82, 2.24) is 0 Å². The van der Waals surface area contributed by atoms with Gasteiger partial charge in [-0.1, -0.05) is 55.4 Å². The van der Waals surface area contributed by atoms with Crippen LogP contribution in [0.15, 0.2) is 40.5 Å². The molecule has 2 N–H and O–H groups in total. The van der Waals surface area contributed by atoms with Gasteiger partial charge in [0.25, 0.3) is 0 Å². The molecule has 0 atom stereocenters. The third-order valence-corrected chi connectivity index (χ3v) is 2.78. The van der Waals surface area contributed by atoms with Crippen molar-refractivity contribution in [2.24, 2.45) is 15.9 Å². The molecule has 0 aromatic heterocycles. The van der Waals surface area contributed by atoms with Crippen LogP contribution < -0.4 is 5.73 Å². The molecule has 16 heavy (non-hydrogen) atoms. The number of nitrogens with zero attached hydrogens (tertiary/aromatic N) is 2. The molecule has 0 aliphatic carbocycles. The van der Waals surface area contributed by atoms with Crippen molar-refractivity contribution in [1.29, 1.82) is 0 Å². The van der Waals surface area contributed by atoms with E-state index in [0.29, 0.717) is 5.17 Å². The summed E-state index contributed by atoms with van der Waals surface area (Å²) >= 11 is 1.55. The number of hydrogen-bond donors (Lipinski definition) is 1. The van der Waals surface area contributed by atoms with Crippen LogP contribution in [0.3, 0.4) is 0 Å². The van der Waals surface area contributed by atoms with E-state index in [-0.39, 0.29) is 0 Å². The van der Waals surface area contributed by atoms with Crippen molar-refractivity contribution >= 4 is 23.1 Å². The fraction of sp³-hybridized carbons (Fsp3) is 0.333. The smallest absolute Gasteiger partial charge is 0.180 e. The molecule has 1 aromatic rings. The minimum atomic E-state index is 0.528. The molecule has 1 aromatic carbocycles. The van der Waals surface area contributed by atoms with E-state index in [1.165, 1.54) is 6.42 Å². The zero-order valence-corrected chi connectivity index (χ0v) is 10.3. The zero-order valence-electron chi connectivity index (χ0n) is 9.47. The maximum Gasteiger partial charge on any atom is 0.180 e. The minimum Gasteiger partial charge on any atom is -0.377 e. The Morgan fingerprint density at radius 2 is 2.12 bits per heavy atom. The molecule has 0 radical (unpaired) electrons. The average molecular weight is 235 g/mol. The lowest BCUT2D eigenvalue weighted by atomic mass is 10.2. The first-order valence-corrected chi connectivity index (χ1v) is 6.36. The molecule has 4 heteroatoms. The van der Waals surface area contributed by atoms with E-state index in [2.05, 4.69) is 17.1 Å². The fourth-order valence-electron chi connectivity index (χ4n) is 1.04. The Labute approximate surface area is 101 Å². The van der Waals surface area contributed by atoms with Crippen LogP contribution in [0, 0.1) is 0 Å². The Kier molecular flexibility index (Phi) is 6.33. The highest BCUT2D eigenvalue weighted by atomic mass is 32.2. The number of benzene rings is 1. The van der Waals surface area contributed by atoms with E-state index in [9.17, 15) is 0 Å². The number of unbranched alkanes of at least 4 members (excludes halogenated alkanes) is 1. The Hall–Kier alpha value is -1.29. The highest BCUT2D eigenvalue weighted by molar-refractivity contribution is 8.13. The van der Waals surface area contributed by atoms with Crippen molar-refractivity contribution < 1.29 is 0 Å². The first kappa shape index (κ1) is 12.8. The summed E-state index contributed by atoms with van der Waals surface area (Å²) in [6.07, 6.45) is 4.03. The molecule has 1 rings (SSSR count). The number of amidine groups is 1. The number of nitrogens with two attached hydrogens (primary N) is 1. The molecule has 86 valence electrons. The maximum absolute atomic E-state index is 5.68. The lowest BCUT2D eigenvalue weighted by molar-refractivity contribution is 0.898. The normalized spacial score (nSPS) is 12.2. The van der Waals surface area contributed by atoms with Crippen molar-refractivity contribution in [3.63, 3.8) is 0 Å². The monoisotopic (exact) mass is 235 g/mol. The van der Waals surface area contributed by atoms with Crippen LogP contribution in [0.4, 0.5) is 0 Å². The van der Waals surface area contributed by atoms with Crippen LogP contribution in [0.1, 0.15) is 25.3 Å². The molecule has 0 bridgehead atoms. The molecule has 0 aliphatic heterocycles. The van der Waals surface area contributed by atoms with Gasteiger partial charge in [-0.3, -0.25) is 0 Å². The molecular formula is C12H17N3S. The van der Waals surface area contributed by atoms with Crippen LogP contribution in [-0.4, -0.2) is 17.1 Å². The van der Waals surface area contributed by atoms with Gasteiger partial charge in [0.1, 0.15) is 0 Å². The SMILES string of the molecule is CCCCS/C(N)=N/N=C/c1ccccc1. The first-order chi connectivity index (χ1) is 7.83. The van der Waals surface area contributed by atoms with Gasteiger partial charge in [-0.2, -0.15) is 5.10 Å². The number of rotatable bonds is 5. The summed E-state index contributed by atoms with van der Waals surface area (Å²) < 4.78 is 0. The predicted octanol–water partition coefficient (Wildman–Crippen LogP) is 2.87. The summed E-state index contributed by atoms with van der Waals surface area (Å²) in [5, 5.41) is 8.38. The van der Waals surface area contributed by atoms with Crippen molar-refractivity contribution in [3.8, 4) is 0 Å². The molecule has 0 spiro atoms. The topological polar surface area (TPSA) is 50.7 Å². The molecule has 0 saturated carbocycles. The number of hydrogen-bond acceptors (Lipinski definition) is 3. The molecule has 0 amide bonds. The molecule has 0 saturated heterocycles. The van der Waals surface area contributed by atoms with Crippen LogP contribution in [0.2, 0.25) is 0 Å². The van der Waals surface area contributed by atoms with E-state index in [0.717, 1.165) is 17.7 Å². The third kappa shape index (κ3) is 5.56. The van der Waals surface area contributed by atoms with Crippen LogP contribution in [-0.2, 0) is 0 Å². The molecule has 0 heterocycles. The molecular weight excluding hydrogens is 218 g/mol. The van der Waals surface area contributed by atoms with Gasteiger partial charge >= 0.3 is 0 Å². The van der Waals surface area contributed by atoms with Crippen LogP contribution in [0.5, 0.6) is 0 Å². The molecule has 0 fully saturated rings. The second kappa shape index (κ2) is 7.93. The van der Waals surface area contributed by atoms with E-state index >= 15 is 0 Å². The molecule has 0 unspecified atom stereocenters. The maximum atomic E-state index is 5.68. The van der Waals surface area contributed by atoms with Crippen molar-refractivity contribution in [2.75, 3.05) is 5.75 Å². The van der Waals surface area contributed by atoms with Gasteiger partial charge in [-0.05, 0) is 12.0 Å². The van der Waals surface area contributed by atoms with Gasteiger partial charge in [0.05, 0.1) is 6.21 Å². The summed E-state index contributed by atoms with van der Waals surface area (Å²) in [5.74, 6) is 1.01. The first-order valence-electron chi connectivity index (χ1n) is 5.37. The van der Waals surface area contributed by atoms with Gasteiger partial charge in [0, 0.05) is 5.75 Å². The highest BCUT2D eigenvalue weighted by Crippen LogP contribution is 2.04. The Bertz CT molecular complexity index is 347. The summed E-state index contributed by atoms with van der Waals surface area (Å²) in [4.78, 5) is 0. The Morgan fingerprint density at radius 3 is 2.81 bits per heavy atom. The van der Waals surface area contributed by atoms with Crippen LogP contribution in [0.25, 0.3) is 0 Å². The summed E-state index contributed by atoms with van der Waals surface area (Å²) in [6, 6.07) is 9.84. The molecule has 0 aliphatic rings. The van der Waals surface area contributed by atoms with Crippen molar-refractivity contribution in [2.45, 2.75) is 19.8 Å². The lowest BCUT2D eigenvalue weighted by Gasteiger charge is -1.96.